The second-order valence-corrected chi connectivity index (χ2v) is 4.66. The van der Waals surface area contributed by atoms with Crippen LogP contribution < -0.4 is 5.32 Å². The minimum absolute atomic E-state index is 0.00650. The largest absolute Gasteiger partial charge is 0.480 e. The van der Waals surface area contributed by atoms with E-state index < -0.39 is 23.7 Å². The summed E-state index contributed by atoms with van der Waals surface area (Å²) in [5.74, 6) is -2.72. The molecule has 20 heavy (non-hydrogen) atoms. The fraction of sp³-hybridized carbons (Fsp3) is 0.462. The highest BCUT2D eigenvalue weighted by Gasteiger charge is 2.31. The molecule has 0 radical (unpaired) electrons. The number of nitrogens with one attached hydrogen (secondary N) is 1. The van der Waals surface area contributed by atoms with Crippen LogP contribution >= 0.6 is 0 Å². The minimum atomic E-state index is -1.13. The van der Waals surface area contributed by atoms with Crippen LogP contribution in [0.3, 0.4) is 0 Å². The minimum Gasteiger partial charge on any atom is -0.480 e. The van der Waals surface area contributed by atoms with Gasteiger partial charge in [0.2, 0.25) is 0 Å². The molecule has 1 amide bonds. The van der Waals surface area contributed by atoms with E-state index in [0.29, 0.717) is 19.6 Å². The molecule has 7 heteroatoms. The number of carbonyl (C=O) groups excluding carboxylic acids is 1. The Labute approximate surface area is 115 Å². The summed E-state index contributed by atoms with van der Waals surface area (Å²) in [5, 5.41) is 11.6. The number of amides is 1. The molecule has 0 saturated carbocycles. The van der Waals surface area contributed by atoms with E-state index in [9.17, 15) is 19.1 Å². The molecule has 0 spiro atoms. The molecule has 1 fully saturated rings. The average Bonchev–Trinajstić information content (AvgIpc) is 2.45. The van der Waals surface area contributed by atoms with Crippen LogP contribution in [0.5, 0.6) is 0 Å². The van der Waals surface area contributed by atoms with Crippen LogP contribution in [0.15, 0.2) is 18.5 Å². The summed E-state index contributed by atoms with van der Waals surface area (Å²) in [7, 11) is 0. The number of ether oxygens (including phenoxy) is 1. The summed E-state index contributed by atoms with van der Waals surface area (Å²) >= 11 is 0. The standard InChI is InChI=1S/C13H15FN2O4/c14-10-4-9(5-15-6-10)12(17)16-11(13(18)19)8-2-1-3-20-7-8/h4-6,8,11H,1-3,7H2,(H,16,17)(H,18,19). The highest BCUT2D eigenvalue weighted by Crippen LogP contribution is 2.18. The number of halogens is 1. The van der Waals surface area contributed by atoms with Gasteiger partial charge in [-0.3, -0.25) is 9.78 Å². The summed E-state index contributed by atoms with van der Waals surface area (Å²) < 4.78 is 18.2. The maximum Gasteiger partial charge on any atom is 0.326 e. The van der Waals surface area contributed by atoms with Gasteiger partial charge in [-0.2, -0.15) is 0 Å². The van der Waals surface area contributed by atoms with Crippen molar-refractivity contribution in [3.8, 4) is 0 Å². The molecule has 1 saturated heterocycles. The van der Waals surface area contributed by atoms with E-state index >= 15 is 0 Å². The first kappa shape index (κ1) is 14.4. The molecular weight excluding hydrogens is 267 g/mol. The highest BCUT2D eigenvalue weighted by atomic mass is 19.1. The van der Waals surface area contributed by atoms with Crippen molar-refractivity contribution in [2.75, 3.05) is 13.2 Å². The molecule has 1 aliphatic rings. The molecule has 0 bridgehead atoms. The average molecular weight is 282 g/mol. The number of aliphatic carboxylic acids is 1. The lowest BCUT2D eigenvalue weighted by Gasteiger charge is -2.28. The molecule has 0 aromatic carbocycles. The van der Waals surface area contributed by atoms with E-state index in [-0.39, 0.29) is 11.5 Å². The fourth-order valence-electron chi connectivity index (χ4n) is 2.17. The van der Waals surface area contributed by atoms with Gasteiger partial charge < -0.3 is 15.2 Å². The Balaban J connectivity index is 2.07. The van der Waals surface area contributed by atoms with Crippen molar-refractivity contribution >= 4 is 11.9 Å². The highest BCUT2D eigenvalue weighted by molar-refractivity contribution is 5.96. The third-order valence-electron chi connectivity index (χ3n) is 3.19. The zero-order valence-corrected chi connectivity index (χ0v) is 10.7. The van der Waals surface area contributed by atoms with Crippen molar-refractivity contribution in [3.05, 3.63) is 29.8 Å². The number of hydrogen-bond acceptors (Lipinski definition) is 4. The third-order valence-corrected chi connectivity index (χ3v) is 3.19. The van der Waals surface area contributed by atoms with Crippen molar-refractivity contribution in [2.45, 2.75) is 18.9 Å². The van der Waals surface area contributed by atoms with Crippen molar-refractivity contribution in [3.63, 3.8) is 0 Å². The second kappa shape index (κ2) is 6.42. The van der Waals surface area contributed by atoms with Crippen LogP contribution in [-0.2, 0) is 9.53 Å². The molecule has 2 N–H and O–H groups in total. The van der Waals surface area contributed by atoms with Crippen LogP contribution in [-0.4, -0.2) is 41.2 Å². The van der Waals surface area contributed by atoms with Crippen molar-refractivity contribution < 1.29 is 23.8 Å². The van der Waals surface area contributed by atoms with Gasteiger partial charge in [0, 0.05) is 18.7 Å². The topological polar surface area (TPSA) is 88.5 Å². The first-order valence-corrected chi connectivity index (χ1v) is 6.30. The molecule has 1 aromatic heterocycles. The SMILES string of the molecule is O=C(NC(C(=O)O)C1CCCOC1)c1cncc(F)c1. The predicted octanol–water partition coefficient (Wildman–Crippen LogP) is 0.830. The molecule has 2 rings (SSSR count). The molecule has 6 nitrogen and oxygen atoms in total. The summed E-state index contributed by atoms with van der Waals surface area (Å²) in [5.41, 5.74) is -0.00650. The van der Waals surface area contributed by atoms with E-state index in [1.807, 2.05) is 0 Å². The zero-order valence-electron chi connectivity index (χ0n) is 10.7. The zero-order chi connectivity index (χ0) is 14.5. The van der Waals surface area contributed by atoms with Crippen molar-refractivity contribution in [1.29, 1.82) is 0 Å². The first-order valence-electron chi connectivity index (χ1n) is 6.30. The molecule has 2 heterocycles. The van der Waals surface area contributed by atoms with Gasteiger partial charge in [0.25, 0.3) is 5.91 Å². The van der Waals surface area contributed by atoms with Crippen LogP contribution in [0.25, 0.3) is 0 Å². The maximum absolute atomic E-state index is 13.0. The number of hydrogen-bond donors (Lipinski definition) is 2. The Kier molecular flexibility index (Phi) is 4.62. The lowest BCUT2D eigenvalue weighted by Crippen LogP contribution is -2.48. The number of nitrogens with zero attached hydrogens (tertiary/aromatic N) is 1. The van der Waals surface area contributed by atoms with Gasteiger partial charge in [-0.1, -0.05) is 0 Å². The Morgan fingerprint density at radius 2 is 2.30 bits per heavy atom. The molecule has 2 unspecified atom stereocenters. The van der Waals surface area contributed by atoms with Gasteiger partial charge in [0.15, 0.2) is 0 Å². The van der Waals surface area contributed by atoms with E-state index in [0.717, 1.165) is 18.7 Å². The Bertz CT molecular complexity index is 503. The predicted molar refractivity (Wildman–Crippen MR) is 66.6 cm³/mol. The van der Waals surface area contributed by atoms with E-state index in [1.165, 1.54) is 6.20 Å². The monoisotopic (exact) mass is 282 g/mol. The molecule has 1 aliphatic heterocycles. The molecule has 0 aliphatic carbocycles. The fourth-order valence-corrected chi connectivity index (χ4v) is 2.17. The number of carboxylic acid groups (broad SMARTS) is 1. The van der Waals surface area contributed by atoms with Crippen LogP contribution in [0, 0.1) is 11.7 Å². The normalized spacial score (nSPS) is 20.1. The van der Waals surface area contributed by atoms with E-state index in [2.05, 4.69) is 10.3 Å². The van der Waals surface area contributed by atoms with E-state index in [1.54, 1.807) is 0 Å². The lowest BCUT2D eigenvalue weighted by molar-refractivity contribution is -0.142. The summed E-state index contributed by atoms with van der Waals surface area (Å²) in [6, 6.07) is -0.0374. The Hall–Kier alpha value is -2.02. The van der Waals surface area contributed by atoms with Gasteiger partial charge >= 0.3 is 5.97 Å². The Morgan fingerprint density at radius 3 is 2.90 bits per heavy atom. The molecule has 108 valence electrons. The number of pyridine rings is 1. The van der Waals surface area contributed by atoms with Crippen LogP contribution in [0.2, 0.25) is 0 Å². The van der Waals surface area contributed by atoms with Gasteiger partial charge in [-0.15, -0.1) is 0 Å². The number of aromatic nitrogens is 1. The molecule has 1 aromatic rings. The van der Waals surface area contributed by atoms with Crippen LogP contribution in [0.4, 0.5) is 4.39 Å². The number of carbonyl (C=O) groups is 2. The van der Waals surface area contributed by atoms with Crippen molar-refractivity contribution in [1.82, 2.24) is 10.3 Å². The van der Waals surface area contributed by atoms with Gasteiger partial charge in [0.05, 0.1) is 18.4 Å². The van der Waals surface area contributed by atoms with Gasteiger partial charge in [-0.25, -0.2) is 9.18 Å². The second-order valence-electron chi connectivity index (χ2n) is 4.66. The maximum atomic E-state index is 13.0. The van der Waals surface area contributed by atoms with Crippen molar-refractivity contribution in [2.24, 2.45) is 5.92 Å². The number of carboxylic acids is 1. The van der Waals surface area contributed by atoms with E-state index in [4.69, 9.17) is 4.74 Å². The summed E-state index contributed by atoms with van der Waals surface area (Å²) in [4.78, 5) is 26.8. The van der Waals surface area contributed by atoms with Gasteiger partial charge in [0.1, 0.15) is 11.9 Å². The first-order chi connectivity index (χ1) is 9.58. The lowest BCUT2D eigenvalue weighted by atomic mass is 9.93. The summed E-state index contributed by atoms with van der Waals surface area (Å²) in [6.45, 7) is 0.892. The van der Waals surface area contributed by atoms with Crippen LogP contribution in [0.1, 0.15) is 23.2 Å². The number of rotatable bonds is 4. The third kappa shape index (κ3) is 3.51. The quantitative estimate of drug-likeness (QED) is 0.854. The smallest absolute Gasteiger partial charge is 0.326 e. The Morgan fingerprint density at radius 1 is 1.50 bits per heavy atom. The molecular formula is C13H15FN2O4. The molecule has 2 atom stereocenters. The van der Waals surface area contributed by atoms with Gasteiger partial charge in [-0.05, 0) is 18.9 Å². The summed E-state index contributed by atoms with van der Waals surface area (Å²) in [6.07, 6.45) is 3.58.